The number of hydrogen-bond donors (Lipinski definition) is 1. The predicted octanol–water partition coefficient (Wildman–Crippen LogP) is 3.94. The van der Waals surface area contributed by atoms with Gasteiger partial charge >= 0.3 is 0 Å². The monoisotopic (exact) mass is 385 g/mol. The highest BCUT2D eigenvalue weighted by Gasteiger charge is 2.07. The lowest BCUT2D eigenvalue weighted by Gasteiger charge is -2.09. The minimum atomic E-state index is -0.309. The van der Waals surface area contributed by atoms with Crippen LogP contribution in [-0.2, 0) is 11.3 Å². The van der Waals surface area contributed by atoms with Crippen molar-refractivity contribution in [3.63, 3.8) is 0 Å². The van der Waals surface area contributed by atoms with E-state index in [1.807, 2.05) is 6.92 Å². The average molecular weight is 386 g/mol. The molecule has 5 nitrogen and oxygen atoms in total. The number of aromatic nitrogens is 2. The van der Waals surface area contributed by atoms with Crippen LogP contribution in [0, 0.1) is 12.7 Å². The van der Waals surface area contributed by atoms with Gasteiger partial charge in [-0.2, -0.15) is 0 Å². The number of benzene rings is 2. The molecule has 3 aromatic rings. The summed E-state index contributed by atoms with van der Waals surface area (Å²) in [6, 6.07) is 13.0. The molecule has 1 heterocycles. The van der Waals surface area contributed by atoms with Gasteiger partial charge < -0.3 is 10.1 Å². The van der Waals surface area contributed by atoms with Crippen molar-refractivity contribution in [2.75, 3.05) is 6.61 Å². The van der Waals surface area contributed by atoms with E-state index in [1.165, 1.54) is 18.5 Å². The van der Waals surface area contributed by atoms with E-state index in [0.717, 1.165) is 11.1 Å². The fraction of sp³-hybridized carbons (Fsp3) is 0.150. The molecule has 0 atom stereocenters. The van der Waals surface area contributed by atoms with Crippen molar-refractivity contribution in [2.24, 2.45) is 0 Å². The van der Waals surface area contributed by atoms with Crippen molar-refractivity contribution >= 4 is 17.5 Å². The Hall–Kier alpha value is -2.99. The quantitative estimate of drug-likeness (QED) is 0.698. The second kappa shape index (κ2) is 8.60. The van der Waals surface area contributed by atoms with Crippen molar-refractivity contribution in [1.29, 1.82) is 0 Å². The summed E-state index contributed by atoms with van der Waals surface area (Å²) >= 11 is 5.96. The summed E-state index contributed by atoms with van der Waals surface area (Å²) in [5.41, 5.74) is 2.94. The maximum atomic E-state index is 13.0. The summed E-state index contributed by atoms with van der Waals surface area (Å²) < 4.78 is 18.5. The zero-order valence-corrected chi connectivity index (χ0v) is 15.3. The maximum Gasteiger partial charge on any atom is 0.258 e. The smallest absolute Gasteiger partial charge is 0.258 e. The van der Waals surface area contributed by atoms with Crippen LogP contribution in [0.15, 0.2) is 54.9 Å². The minimum Gasteiger partial charge on any atom is -0.484 e. The first-order valence-electron chi connectivity index (χ1n) is 8.24. The Kier molecular flexibility index (Phi) is 5.98. The van der Waals surface area contributed by atoms with Crippen molar-refractivity contribution in [3.8, 4) is 17.0 Å². The summed E-state index contributed by atoms with van der Waals surface area (Å²) in [4.78, 5) is 20.3. The summed E-state index contributed by atoms with van der Waals surface area (Å²) in [5.74, 6) is -0.00611. The Bertz CT molecular complexity index is 948. The Morgan fingerprint density at radius 1 is 1.15 bits per heavy atom. The van der Waals surface area contributed by atoms with Gasteiger partial charge in [0.2, 0.25) is 0 Å². The van der Waals surface area contributed by atoms with Gasteiger partial charge in [0, 0.05) is 10.6 Å². The first-order chi connectivity index (χ1) is 13.0. The molecule has 0 aliphatic heterocycles. The summed E-state index contributed by atoms with van der Waals surface area (Å²) in [6.07, 6.45) is 1.41. The molecule has 0 saturated carbocycles. The second-order valence-corrected chi connectivity index (χ2v) is 6.29. The number of halogens is 2. The summed E-state index contributed by atoms with van der Waals surface area (Å²) in [7, 11) is 0. The molecule has 3 rings (SSSR count). The molecule has 0 saturated heterocycles. The molecular formula is C20H17ClFN3O2. The number of hydrogen-bond acceptors (Lipinski definition) is 4. The van der Waals surface area contributed by atoms with Crippen molar-refractivity contribution in [1.82, 2.24) is 15.3 Å². The van der Waals surface area contributed by atoms with Gasteiger partial charge in [0.15, 0.2) is 6.61 Å². The van der Waals surface area contributed by atoms with Gasteiger partial charge in [0.25, 0.3) is 5.91 Å². The number of ether oxygens (including phenoxy) is 1. The van der Waals surface area contributed by atoms with Gasteiger partial charge in [-0.05, 0) is 61.0 Å². The molecule has 1 N–H and O–H groups in total. The van der Waals surface area contributed by atoms with E-state index >= 15 is 0 Å². The molecule has 0 fully saturated rings. The molecule has 0 aliphatic carbocycles. The van der Waals surface area contributed by atoms with Crippen LogP contribution < -0.4 is 10.1 Å². The van der Waals surface area contributed by atoms with E-state index in [0.29, 0.717) is 22.2 Å². The lowest BCUT2D eigenvalue weighted by Crippen LogP contribution is -2.28. The summed E-state index contributed by atoms with van der Waals surface area (Å²) in [6.45, 7) is 1.98. The highest BCUT2D eigenvalue weighted by molar-refractivity contribution is 6.31. The van der Waals surface area contributed by atoms with Crippen molar-refractivity contribution in [3.05, 3.63) is 77.0 Å². The number of nitrogens with zero attached hydrogens (tertiary/aromatic N) is 2. The molecular weight excluding hydrogens is 369 g/mol. The number of rotatable bonds is 6. The number of carbonyl (C=O) groups excluding carboxylic acids is 1. The number of aryl methyl sites for hydroxylation is 1. The van der Waals surface area contributed by atoms with E-state index < -0.39 is 0 Å². The lowest BCUT2D eigenvalue weighted by molar-refractivity contribution is -0.123. The fourth-order valence-electron chi connectivity index (χ4n) is 2.37. The molecule has 1 aromatic heterocycles. The van der Waals surface area contributed by atoms with E-state index in [1.54, 1.807) is 36.4 Å². The Morgan fingerprint density at radius 3 is 2.67 bits per heavy atom. The van der Waals surface area contributed by atoms with Gasteiger partial charge in [-0.3, -0.25) is 4.79 Å². The summed E-state index contributed by atoms with van der Waals surface area (Å²) in [5, 5.41) is 3.39. The molecule has 0 aliphatic rings. The van der Waals surface area contributed by atoms with Crippen LogP contribution in [0.5, 0.6) is 5.75 Å². The molecule has 27 heavy (non-hydrogen) atoms. The Labute approximate surface area is 161 Å². The van der Waals surface area contributed by atoms with Crippen molar-refractivity contribution < 1.29 is 13.9 Å². The molecule has 0 radical (unpaired) electrons. The molecule has 1 amide bonds. The zero-order chi connectivity index (χ0) is 19.2. The second-order valence-electron chi connectivity index (χ2n) is 5.88. The van der Waals surface area contributed by atoms with Crippen LogP contribution in [0.1, 0.15) is 11.3 Å². The molecule has 7 heteroatoms. The minimum absolute atomic E-state index is 0.114. The molecule has 138 valence electrons. The first kappa shape index (κ1) is 18.8. The third-order valence-electron chi connectivity index (χ3n) is 3.83. The van der Waals surface area contributed by atoms with Crippen LogP contribution >= 0.6 is 11.6 Å². The molecule has 2 aromatic carbocycles. The van der Waals surface area contributed by atoms with Gasteiger partial charge in [-0.1, -0.05) is 11.6 Å². The molecule has 0 unspecified atom stereocenters. The average Bonchev–Trinajstić information content (AvgIpc) is 2.68. The highest BCUT2D eigenvalue weighted by Crippen LogP contribution is 2.21. The standard InChI is InChI=1S/C20H17ClFN3O2/c1-13-8-17(6-7-18(13)21)27-11-20(26)23-10-16-9-19(25-12-24-16)14-2-4-15(22)5-3-14/h2-9,12H,10-11H2,1H3,(H,23,26). The number of carbonyl (C=O) groups is 1. The Balaban J connectivity index is 1.55. The van der Waals surface area contributed by atoms with Crippen LogP contribution in [0.3, 0.4) is 0 Å². The van der Waals surface area contributed by atoms with Crippen LogP contribution in [0.25, 0.3) is 11.3 Å². The van der Waals surface area contributed by atoms with Gasteiger partial charge in [0.05, 0.1) is 17.9 Å². The topological polar surface area (TPSA) is 64.1 Å². The van der Waals surface area contributed by atoms with Gasteiger partial charge in [-0.25, -0.2) is 14.4 Å². The fourth-order valence-corrected chi connectivity index (χ4v) is 2.49. The third-order valence-corrected chi connectivity index (χ3v) is 4.25. The van der Waals surface area contributed by atoms with Gasteiger partial charge in [-0.15, -0.1) is 0 Å². The van der Waals surface area contributed by atoms with Crippen molar-refractivity contribution in [2.45, 2.75) is 13.5 Å². The largest absolute Gasteiger partial charge is 0.484 e. The van der Waals surface area contributed by atoms with Crippen LogP contribution in [-0.4, -0.2) is 22.5 Å². The SMILES string of the molecule is Cc1cc(OCC(=O)NCc2cc(-c3ccc(F)cc3)ncn2)ccc1Cl. The van der Waals surface area contributed by atoms with E-state index in [9.17, 15) is 9.18 Å². The third kappa shape index (κ3) is 5.24. The zero-order valence-electron chi connectivity index (χ0n) is 14.6. The number of amides is 1. The van der Waals surface area contributed by atoms with E-state index in [-0.39, 0.29) is 24.9 Å². The van der Waals surface area contributed by atoms with Crippen LogP contribution in [0.2, 0.25) is 5.02 Å². The first-order valence-corrected chi connectivity index (χ1v) is 8.61. The van der Waals surface area contributed by atoms with E-state index in [2.05, 4.69) is 15.3 Å². The molecule has 0 spiro atoms. The normalized spacial score (nSPS) is 10.5. The Morgan fingerprint density at radius 2 is 1.93 bits per heavy atom. The van der Waals surface area contributed by atoms with Gasteiger partial charge in [0.1, 0.15) is 17.9 Å². The molecule has 0 bridgehead atoms. The highest BCUT2D eigenvalue weighted by atomic mass is 35.5. The number of nitrogens with one attached hydrogen (secondary N) is 1. The van der Waals surface area contributed by atoms with Crippen LogP contribution in [0.4, 0.5) is 4.39 Å². The lowest BCUT2D eigenvalue weighted by atomic mass is 10.1. The maximum absolute atomic E-state index is 13.0. The predicted molar refractivity (Wildman–Crippen MR) is 101 cm³/mol. The van der Waals surface area contributed by atoms with E-state index in [4.69, 9.17) is 16.3 Å².